The minimum atomic E-state index is 0. The van der Waals surface area contributed by atoms with Gasteiger partial charge in [0.2, 0.25) is 5.89 Å². The lowest BCUT2D eigenvalue weighted by Gasteiger charge is -2.20. The predicted molar refractivity (Wildman–Crippen MR) is 96.2 cm³/mol. The molecule has 0 aromatic carbocycles. The average molecular weight is 409 g/mol. The average Bonchev–Trinajstić information content (AvgIpc) is 2.80. The fourth-order valence-electron chi connectivity index (χ4n) is 1.57. The number of nitrogens with zero attached hydrogens (tertiary/aromatic N) is 3. The topological polar surface area (TPSA) is 75.3 Å². The van der Waals surface area contributed by atoms with Crippen LogP contribution in [0.3, 0.4) is 0 Å². The van der Waals surface area contributed by atoms with E-state index in [0.717, 1.165) is 31.9 Å². The van der Waals surface area contributed by atoms with E-state index in [4.69, 9.17) is 4.52 Å². The molecule has 1 unspecified atom stereocenters. The van der Waals surface area contributed by atoms with Gasteiger partial charge in [-0.05, 0) is 33.1 Å². The lowest BCUT2D eigenvalue weighted by Crippen LogP contribution is -2.44. The van der Waals surface area contributed by atoms with Crippen LogP contribution in [-0.4, -0.2) is 35.2 Å². The molecule has 21 heavy (non-hydrogen) atoms. The Labute approximate surface area is 144 Å². The zero-order valence-electron chi connectivity index (χ0n) is 13.6. The van der Waals surface area contributed by atoms with Gasteiger partial charge in [0, 0.05) is 25.6 Å². The van der Waals surface area contributed by atoms with Gasteiger partial charge in [0.1, 0.15) is 0 Å². The molecule has 0 radical (unpaired) electrons. The van der Waals surface area contributed by atoms with Gasteiger partial charge in [0.05, 0.1) is 0 Å². The Hall–Kier alpha value is -0.860. The van der Waals surface area contributed by atoms with Crippen molar-refractivity contribution in [3.63, 3.8) is 0 Å². The number of aliphatic imine (C=N–C) groups is 1. The third-order valence-corrected chi connectivity index (χ3v) is 3.10. The van der Waals surface area contributed by atoms with Crippen molar-refractivity contribution in [3.05, 3.63) is 11.7 Å². The molecule has 0 saturated carbocycles. The second kappa shape index (κ2) is 10.8. The summed E-state index contributed by atoms with van der Waals surface area (Å²) in [6.45, 7) is 12.0. The van der Waals surface area contributed by atoms with Crippen molar-refractivity contribution in [1.82, 2.24) is 20.8 Å². The summed E-state index contributed by atoms with van der Waals surface area (Å²) < 4.78 is 5.07. The molecular formula is C14H28IN5O. The van der Waals surface area contributed by atoms with Crippen LogP contribution in [0.15, 0.2) is 9.52 Å². The molecule has 6 nitrogen and oxygen atoms in total. The molecular weight excluding hydrogens is 381 g/mol. The van der Waals surface area contributed by atoms with Gasteiger partial charge in [-0.1, -0.05) is 19.0 Å². The predicted octanol–water partition coefficient (Wildman–Crippen LogP) is 2.53. The highest BCUT2D eigenvalue weighted by molar-refractivity contribution is 14.0. The summed E-state index contributed by atoms with van der Waals surface area (Å²) in [6, 6.07) is 0.395. The number of aromatic nitrogens is 2. The molecule has 0 bridgehead atoms. The standard InChI is InChI=1S/C14H27N5O.HI/c1-6-15-14(17-11(4)10(2)3)16-9-7-8-13-18-12(5)19-20-13;/h10-11H,6-9H2,1-5H3,(H2,15,16,17);1H. The molecule has 0 amide bonds. The number of hydrogen-bond acceptors (Lipinski definition) is 4. The van der Waals surface area contributed by atoms with Crippen molar-refractivity contribution in [3.8, 4) is 0 Å². The van der Waals surface area contributed by atoms with Crippen LogP contribution in [0.5, 0.6) is 0 Å². The molecule has 0 spiro atoms. The van der Waals surface area contributed by atoms with E-state index in [2.05, 4.69) is 53.5 Å². The van der Waals surface area contributed by atoms with E-state index in [0.29, 0.717) is 23.7 Å². The Kier molecular flexibility index (Phi) is 10.4. The quantitative estimate of drug-likeness (QED) is 0.313. The Morgan fingerprint density at radius 2 is 2.05 bits per heavy atom. The number of rotatable bonds is 7. The van der Waals surface area contributed by atoms with Crippen LogP contribution in [-0.2, 0) is 6.42 Å². The van der Waals surface area contributed by atoms with Gasteiger partial charge in [0.15, 0.2) is 11.8 Å². The van der Waals surface area contributed by atoms with Crippen LogP contribution >= 0.6 is 24.0 Å². The van der Waals surface area contributed by atoms with Crippen molar-refractivity contribution >= 4 is 29.9 Å². The van der Waals surface area contributed by atoms with E-state index >= 15 is 0 Å². The molecule has 0 aliphatic heterocycles. The third-order valence-electron chi connectivity index (χ3n) is 3.10. The minimum Gasteiger partial charge on any atom is -0.357 e. The highest BCUT2D eigenvalue weighted by atomic mass is 127. The van der Waals surface area contributed by atoms with E-state index < -0.39 is 0 Å². The van der Waals surface area contributed by atoms with Crippen molar-refractivity contribution in [1.29, 1.82) is 0 Å². The van der Waals surface area contributed by atoms with Gasteiger partial charge in [-0.3, -0.25) is 4.99 Å². The van der Waals surface area contributed by atoms with Crippen LogP contribution < -0.4 is 10.6 Å². The molecule has 0 fully saturated rings. The monoisotopic (exact) mass is 409 g/mol. The van der Waals surface area contributed by atoms with Gasteiger partial charge in [-0.2, -0.15) is 4.98 Å². The maximum atomic E-state index is 5.07. The van der Waals surface area contributed by atoms with E-state index in [-0.39, 0.29) is 24.0 Å². The smallest absolute Gasteiger partial charge is 0.226 e. The molecule has 2 N–H and O–H groups in total. The maximum absolute atomic E-state index is 5.07. The summed E-state index contributed by atoms with van der Waals surface area (Å²) in [4.78, 5) is 8.74. The van der Waals surface area contributed by atoms with Crippen molar-refractivity contribution in [2.75, 3.05) is 13.1 Å². The summed E-state index contributed by atoms with van der Waals surface area (Å²) in [5.41, 5.74) is 0. The van der Waals surface area contributed by atoms with Gasteiger partial charge < -0.3 is 15.2 Å². The number of aryl methyl sites for hydroxylation is 2. The van der Waals surface area contributed by atoms with Crippen LogP contribution in [0.25, 0.3) is 0 Å². The van der Waals surface area contributed by atoms with Crippen LogP contribution in [0.2, 0.25) is 0 Å². The molecule has 122 valence electrons. The fourth-order valence-corrected chi connectivity index (χ4v) is 1.57. The third kappa shape index (κ3) is 8.23. The molecule has 1 rings (SSSR count). The first kappa shape index (κ1) is 20.1. The van der Waals surface area contributed by atoms with Crippen LogP contribution in [0, 0.1) is 12.8 Å². The Bertz CT molecular complexity index is 419. The van der Waals surface area contributed by atoms with Gasteiger partial charge in [0.25, 0.3) is 0 Å². The van der Waals surface area contributed by atoms with E-state index in [1.54, 1.807) is 0 Å². The minimum absolute atomic E-state index is 0. The molecule has 7 heteroatoms. The second-order valence-corrected chi connectivity index (χ2v) is 5.28. The maximum Gasteiger partial charge on any atom is 0.226 e. The van der Waals surface area contributed by atoms with Crippen LogP contribution in [0.4, 0.5) is 0 Å². The van der Waals surface area contributed by atoms with Crippen molar-refractivity contribution in [2.45, 2.75) is 53.5 Å². The van der Waals surface area contributed by atoms with Gasteiger partial charge >= 0.3 is 0 Å². The van der Waals surface area contributed by atoms with Crippen LogP contribution in [0.1, 0.15) is 45.8 Å². The lowest BCUT2D eigenvalue weighted by molar-refractivity contribution is 0.372. The molecule has 1 atom stereocenters. The van der Waals surface area contributed by atoms with Crippen molar-refractivity contribution in [2.24, 2.45) is 10.9 Å². The molecule has 0 aliphatic rings. The summed E-state index contributed by atoms with van der Waals surface area (Å²) >= 11 is 0. The molecule has 1 aromatic heterocycles. The molecule has 1 aromatic rings. The molecule has 1 heterocycles. The Morgan fingerprint density at radius 3 is 2.57 bits per heavy atom. The summed E-state index contributed by atoms with van der Waals surface area (Å²) in [5.74, 6) is 2.81. The second-order valence-electron chi connectivity index (χ2n) is 5.28. The van der Waals surface area contributed by atoms with E-state index in [1.165, 1.54) is 0 Å². The van der Waals surface area contributed by atoms with Gasteiger partial charge in [-0.25, -0.2) is 0 Å². The summed E-state index contributed by atoms with van der Waals surface area (Å²) in [5, 5.41) is 10.4. The molecule has 0 aliphatic carbocycles. The zero-order chi connectivity index (χ0) is 15.0. The largest absolute Gasteiger partial charge is 0.357 e. The highest BCUT2D eigenvalue weighted by Crippen LogP contribution is 2.01. The first-order valence-electron chi connectivity index (χ1n) is 7.37. The lowest BCUT2D eigenvalue weighted by atomic mass is 10.1. The number of nitrogens with one attached hydrogen (secondary N) is 2. The van der Waals surface area contributed by atoms with Gasteiger partial charge in [-0.15, -0.1) is 24.0 Å². The summed E-state index contributed by atoms with van der Waals surface area (Å²) in [7, 11) is 0. The number of hydrogen-bond donors (Lipinski definition) is 2. The van der Waals surface area contributed by atoms with E-state index in [9.17, 15) is 0 Å². The zero-order valence-corrected chi connectivity index (χ0v) is 16.0. The Morgan fingerprint density at radius 1 is 1.33 bits per heavy atom. The number of guanidine groups is 1. The normalized spacial score (nSPS) is 13.0. The highest BCUT2D eigenvalue weighted by Gasteiger charge is 2.08. The fraction of sp³-hybridized carbons (Fsp3) is 0.786. The van der Waals surface area contributed by atoms with E-state index in [1.807, 2.05) is 6.92 Å². The first-order valence-corrected chi connectivity index (χ1v) is 7.37. The SMILES string of the molecule is CCNC(=NCCCc1nc(C)no1)NC(C)C(C)C.I. The first-order chi connectivity index (χ1) is 9.52. The summed E-state index contributed by atoms with van der Waals surface area (Å²) in [6.07, 6.45) is 1.66. The van der Waals surface area contributed by atoms with Crippen molar-refractivity contribution < 1.29 is 4.52 Å². The number of halogens is 1. The molecule has 0 saturated heterocycles. The Balaban J connectivity index is 0.00000400.